The molecule has 1 heterocycles. The van der Waals surface area contributed by atoms with E-state index in [1.807, 2.05) is 6.07 Å². The summed E-state index contributed by atoms with van der Waals surface area (Å²) < 4.78 is 9.10. The number of nitrogens with zero attached hydrogens (tertiary/aromatic N) is 2. The minimum atomic E-state index is 0.237. The monoisotopic (exact) mass is 713 g/mol. The van der Waals surface area contributed by atoms with Crippen LogP contribution in [0.15, 0.2) is 182 Å². The Morgan fingerprint density at radius 1 is 0.636 bits per heavy atom. The minimum absolute atomic E-state index is 0.237. The van der Waals surface area contributed by atoms with Crippen molar-refractivity contribution in [2.45, 2.75) is 32.9 Å². The predicted octanol–water partition coefficient (Wildman–Crippen LogP) is 13.4. The Morgan fingerprint density at radius 2 is 1.35 bits per heavy atom. The van der Waals surface area contributed by atoms with Gasteiger partial charge >= 0.3 is 0 Å². The van der Waals surface area contributed by atoms with Crippen LogP contribution in [0.2, 0.25) is 0 Å². The molecule has 1 aromatic heterocycles. The first kappa shape index (κ1) is 34.0. The van der Waals surface area contributed by atoms with Crippen molar-refractivity contribution in [1.29, 1.82) is 0 Å². The SMILES string of the molecule is Cc1ccccc1-c1c(C)ccc(N)c1OCc1ccc(N(c2ccc3c4ccccc4n(C4C=CC=CC4)c3c2)c2ccccc2-c2ccccc2)cc1. The van der Waals surface area contributed by atoms with Crippen molar-refractivity contribution >= 4 is 44.6 Å². The Morgan fingerprint density at radius 3 is 2.15 bits per heavy atom. The van der Waals surface area contributed by atoms with E-state index in [9.17, 15) is 0 Å². The third kappa shape index (κ3) is 6.36. The summed E-state index contributed by atoms with van der Waals surface area (Å²) in [6.45, 7) is 4.64. The summed E-state index contributed by atoms with van der Waals surface area (Å²) in [6, 6.07) is 56.4. The number of fused-ring (bicyclic) bond motifs is 3. The molecule has 0 aliphatic heterocycles. The van der Waals surface area contributed by atoms with Gasteiger partial charge in [-0.05, 0) is 90.6 Å². The largest absolute Gasteiger partial charge is 0.486 e. The van der Waals surface area contributed by atoms with E-state index in [2.05, 4.69) is 199 Å². The number of anilines is 4. The molecule has 0 saturated heterocycles. The summed E-state index contributed by atoms with van der Waals surface area (Å²) in [5.74, 6) is 0.726. The first-order valence-corrected chi connectivity index (χ1v) is 19.0. The quantitative estimate of drug-likeness (QED) is 0.151. The van der Waals surface area contributed by atoms with Crippen LogP contribution >= 0.6 is 0 Å². The molecule has 1 aliphatic carbocycles. The molecule has 9 rings (SSSR count). The molecule has 8 aromatic rings. The smallest absolute Gasteiger partial charge is 0.150 e. The molecule has 1 aliphatic rings. The lowest BCUT2D eigenvalue weighted by atomic mass is 9.95. The fourth-order valence-electron chi connectivity index (χ4n) is 8.14. The highest BCUT2D eigenvalue weighted by atomic mass is 16.5. The number of ether oxygens (including phenoxy) is 1. The number of aromatic nitrogens is 1. The molecule has 0 spiro atoms. The molecule has 4 nitrogen and oxygen atoms in total. The normalized spacial score (nSPS) is 13.7. The fraction of sp³-hybridized carbons (Fsp3) is 0.0980. The molecule has 55 heavy (non-hydrogen) atoms. The van der Waals surface area contributed by atoms with Gasteiger partial charge in [0.2, 0.25) is 0 Å². The maximum Gasteiger partial charge on any atom is 0.150 e. The van der Waals surface area contributed by atoms with Crippen molar-refractivity contribution < 1.29 is 4.74 Å². The number of benzene rings is 7. The van der Waals surface area contributed by atoms with Crippen molar-refractivity contribution in [1.82, 2.24) is 4.57 Å². The lowest BCUT2D eigenvalue weighted by molar-refractivity contribution is 0.309. The number of hydrogen-bond donors (Lipinski definition) is 1. The van der Waals surface area contributed by atoms with Gasteiger partial charge in [0, 0.05) is 38.8 Å². The maximum absolute atomic E-state index is 6.59. The predicted molar refractivity (Wildman–Crippen MR) is 232 cm³/mol. The van der Waals surface area contributed by atoms with Gasteiger partial charge < -0.3 is 19.9 Å². The topological polar surface area (TPSA) is 43.4 Å². The zero-order valence-electron chi connectivity index (χ0n) is 31.2. The van der Waals surface area contributed by atoms with Crippen molar-refractivity contribution in [3.8, 4) is 28.0 Å². The van der Waals surface area contributed by atoms with Crippen molar-refractivity contribution in [2.24, 2.45) is 0 Å². The lowest BCUT2D eigenvalue weighted by Gasteiger charge is -2.28. The molecule has 4 heteroatoms. The average molecular weight is 714 g/mol. The lowest BCUT2D eigenvalue weighted by Crippen LogP contribution is -2.12. The van der Waals surface area contributed by atoms with E-state index in [0.29, 0.717) is 12.3 Å². The van der Waals surface area contributed by atoms with Gasteiger partial charge in [-0.3, -0.25) is 0 Å². The van der Waals surface area contributed by atoms with E-state index in [0.717, 1.165) is 57.0 Å². The fourth-order valence-corrected chi connectivity index (χ4v) is 8.14. The summed E-state index contributed by atoms with van der Waals surface area (Å²) in [6.07, 6.45) is 9.85. The summed E-state index contributed by atoms with van der Waals surface area (Å²) in [5.41, 5.74) is 20.8. The summed E-state index contributed by atoms with van der Waals surface area (Å²) in [7, 11) is 0. The number of rotatable bonds is 9. The molecule has 2 N–H and O–H groups in total. The highest BCUT2D eigenvalue weighted by Crippen LogP contribution is 2.44. The van der Waals surface area contributed by atoms with Crippen LogP contribution in [-0.2, 0) is 6.61 Å². The third-order valence-corrected chi connectivity index (χ3v) is 10.9. The van der Waals surface area contributed by atoms with E-state index in [1.165, 1.54) is 32.9 Å². The first-order valence-electron chi connectivity index (χ1n) is 19.0. The Balaban J connectivity index is 1.14. The van der Waals surface area contributed by atoms with Gasteiger partial charge in [-0.1, -0.05) is 140 Å². The molecule has 1 atom stereocenters. The molecular formula is C51H43N3O. The molecule has 268 valence electrons. The third-order valence-electron chi connectivity index (χ3n) is 10.9. The second-order valence-electron chi connectivity index (χ2n) is 14.4. The van der Waals surface area contributed by atoms with E-state index in [-0.39, 0.29) is 6.04 Å². The highest BCUT2D eigenvalue weighted by molar-refractivity contribution is 6.09. The van der Waals surface area contributed by atoms with Gasteiger partial charge in [0.05, 0.1) is 22.9 Å². The van der Waals surface area contributed by atoms with Crippen LogP contribution in [0, 0.1) is 13.8 Å². The van der Waals surface area contributed by atoms with E-state index in [1.54, 1.807) is 0 Å². The van der Waals surface area contributed by atoms with E-state index in [4.69, 9.17) is 10.5 Å². The van der Waals surface area contributed by atoms with E-state index < -0.39 is 0 Å². The van der Waals surface area contributed by atoms with Gasteiger partial charge in [-0.15, -0.1) is 0 Å². The summed E-state index contributed by atoms with van der Waals surface area (Å²) in [5, 5.41) is 2.53. The second kappa shape index (κ2) is 14.6. The number of hydrogen-bond acceptors (Lipinski definition) is 3. The molecule has 7 aromatic carbocycles. The molecular weight excluding hydrogens is 671 g/mol. The zero-order chi connectivity index (χ0) is 37.3. The van der Waals surface area contributed by atoms with Gasteiger partial charge in [0.25, 0.3) is 0 Å². The van der Waals surface area contributed by atoms with Gasteiger partial charge in [0.15, 0.2) is 5.75 Å². The second-order valence-corrected chi connectivity index (χ2v) is 14.4. The van der Waals surface area contributed by atoms with Gasteiger partial charge in [-0.2, -0.15) is 0 Å². The van der Waals surface area contributed by atoms with Gasteiger partial charge in [-0.25, -0.2) is 0 Å². The van der Waals surface area contributed by atoms with Crippen LogP contribution in [0.3, 0.4) is 0 Å². The summed E-state index contributed by atoms with van der Waals surface area (Å²) >= 11 is 0. The number of nitrogens with two attached hydrogens (primary N) is 1. The van der Waals surface area contributed by atoms with Crippen molar-refractivity contribution in [3.63, 3.8) is 0 Å². The minimum Gasteiger partial charge on any atom is -0.486 e. The average Bonchev–Trinajstić information content (AvgIpc) is 3.56. The van der Waals surface area contributed by atoms with Gasteiger partial charge in [0.1, 0.15) is 6.61 Å². The van der Waals surface area contributed by atoms with Crippen molar-refractivity contribution in [2.75, 3.05) is 10.6 Å². The zero-order valence-corrected chi connectivity index (χ0v) is 31.2. The Bertz CT molecular complexity index is 2720. The molecule has 0 amide bonds. The number of aryl methyl sites for hydroxylation is 2. The number of allylic oxidation sites excluding steroid dienone is 4. The first-order chi connectivity index (χ1) is 27.0. The van der Waals surface area contributed by atoms with Crippen LogP contribution in [0.25, 0.3) is 44.1 Å². The van der Waals surface area contributed by atoms with Crippen LogP contribution in [0.5, 0.6) is 5.75 Å². The highest BCUT2D eigenvalue weighted by Gasteiger charge is 2.22. The Labute approximate surface area is 323 Å². The Kier molecular flexibility index (Phi) is 9.01. The van der Waals surface area contributed by atoms with Crippen LogP contribution < -0.4 is 15.4 Å². The van der Waals surface area contributed by atoms with Crippen molar-refractivity contribution in [3.05, 3.63) is 199 Å². The Hall–Kier alpha value is -6.78. The molecule has 1 unspecified atom stereocenters. The van der Waals surface area contributed by atoms with Crippen LogP contribution in [0.1, 0.15) is 29.2 Å². The number of para-hydroxylation sites is 2. The summed E-state index contributed by atoms with van der Waals surface area (Å²) in [4.78, 5) is 2.39. The number of nitrogen functional groups attached to an aromatic ring is 1. The molecule has 0 fully saturated rings. The maximum atomic E-state index is 6.59. The van der Waals surface area contributed by atoms with Crippen LogP contribution in [0.4, 0.5) is 22.7 Å². The standard InChI is InChI=1S/C51H43N3O/c1-35-15-9-10-20-42(35)50-36(2)25-32-46(52)51(50)55-34-37-26-28-40(29-27-37)53(47-23-13-11-21-43(47)38-16-5-3-6-17-38)41-30-31-45-44-22-12-14-24-48(44)54(49(45)33-41)39-18-7-4-8-19-39/h3-18,20-33,39H,19,34,52H2,1-2H3. The molecule has 0 bridgehead atoms. The molecule has 0 saturated carbocycles. The van der Waals surface area contributed by atoms with Crippen LogP contribution in [-0.4, -0.2) is 4.57 Å². The molecule has 0 radical (unpaired) electrons. The van der Waals surface area contributed by atoms with E-state index >= 15 is 0 Å².